The Labute approximate surface area is 165 Å². The summed E-state index contributed by atoms with van der Waals surface area (Å²) in [6.45, 7) is 4.05. The Morgan fingerprint density at radius 3 is 1.43 bits per heavy atom. The molecule has 0 aromatic rings. The van der Waals surface area contributed by atoms with Crippen LogP contribution in [0.1, 0.15) is 98.7 Å². The Kier molecular flexibility index (Phi) is 16.9. The first-order valence-corrected chi connectivity index (χ1v) is 8.98. The molecular weight excluding hydrogens is 303 g/mol. The zero-order valence-electron chi connectivity index (χ0n) is 16.4. The van der Waals surface area contributed by atoms with Crippen molar-refractivity contribution in [1.29, 1.82) is 0 Å². The van der Waals surface area contributed by atoms with Crippen LogP contribution in [0.4, 0.5) is 0 Å². The maximum absolute atomic E-state index is 11.4. The minimum absolute atomic E-state index is 0. The number of hydrogen-bond acceptors (Lipinski definition) is 2. The summed E-state index contributed by atoms with van der Waals surface area (Å²) in [4.78, 5) is 22.7. The largest absolute Gasteiger partial charge is 1.00 e. The Bertz CT molecular complexity index is 310. The normalized spacial score (nSPS) is 11.0. The quantitative estimate of drug-likeness (QED) is 0.273. The van der Waals surface area contributed by atoms with Gasteiger partial charge in [-0.1, -0.05) is 84.5 Å². The number of carbonyl (C=O) groups is 2. The van der Waals surface area contributed by atoms with E-state index in [0.29, 0.717) is 12.8 Å². The first-order valence-electron chi connectivity index (χ1n) is 8.98. The molecule has 132 valence electrons. The van der Waals surface area contributed by atoms with Gasteiger partial charge in [0.25, 0.3) is 0 Å². The molecule has 0 aromatic carbocycles. The van der Waals surface area contributed by atoms with E-state index < -0.39 is 17.4 Å². The number of aliphatic carboxylic acids is 2. The van der Waals surface area contributed by atoms with Gasteiger partial charge in [0, 0.05) is 0 Å². The van der Waals surface area contributed by atoms with Crippen molar-refractivity contribution in [3.05, 3.63) is 0 Å². The Morgan fingerprint density at radius 2 is 1.09 bits per heavy atom. The number of hydrogen-bond donors (Lipinski definition) is 2. The molecule has 0 radical (unpaired) electrons. The van der Waals surface area contributed by atoms with Crippen LogP contribution in [0.25, 0.3) is 0 Å². The molecule has 0 atom stereocenters. The average molecular weight is 338 g/mol. The number of unbranched alkanes of at least 4 members (excludes halogenated alkanes) is 9. The Balaban J connectivity index is -0.00000220. The van der Waals surface area contributed by atoms with Crippen LogP contribution in [0.3, 0.4) is 0 Å². The summed E-state index contributed by atoms with van der Waals surface area (Å²) in [6, 6.07) is 0. The van der Waals surface area contributed by atoms with E-state index in [-0.39, 0.29) is 43.8 Å². The van der Waals surface area contributed by atoms with E-state index in [2.05, 4.69) is 6.92 Å². The van der Waals surface area contributed by atoms with Crippen molar-refractivity contribution in [3.8, 4) is 0 Å². The second-order valence-corrected chi connectivity index (χ2v) is 6.37. The summed E-state index contributed by atoms with van der Waals surface area (Å²) in [5.74, 6) is -2.37. The molecule has 23 heavy (non-hydrogen) atoms. The van der Waals surface area contributed by atoms with Crippen LogP contribution in [0.15, 0.2) is 0 Å². The number of carboxylic acids is 2. The van der Waals surface area contributed by atoms with Gasteiger partial charge in [-0.15, -0.1) is 0 Å². The van der Waals surface area contributed by atoms with Gasteiger partial charge in [-0.05, 0) is 12.8 Å². The first-order chi connectivity index (χ1) is 10.5. The molecule has 0 saturated heterocycles. The summed E-state index contributed by atoms with van der Waals surface area (Å²) < 4.78 is 0. The molecule has 0 unspecified atom stereocenters. The second-order valence-electron chi connectivity index (χ2n) is 6.37. The van der Waals surface area contributed by atoms with Crippen molar-refractivity contribution in [3.63, 3.8) is 0 Å². The molecule has 0 aromatic heterocycles. The SMILES string of the molecule is CCCCCCCCCCCCC(CCC)(C(=O)O)C(=O)O.[H-].[Na+]. The van der Waals surface area contributed by atoms with Crippen molar-refractivity contribution in [2.75, 3.05) is 0 Å². The van der Waals surface area contributed by atoms with E-state index in [4.69, 9.17) is 0 Å². The molecule has 0 bridgehead atoms. The van der Waals surface area contributed by atoms with E-state index in [1.54, 1.807) is 0 Å². The van der Waals surface area contributed by atoms with Crippen molar-refractivity contribution in [2.24, 2.45) is 5.41 Å². The first kappa shape index (κ1) is 25.2. The van der Waals surface area contributed by atoms with E-state index in [1.807, 2.05) is 6.92 Å². The van der Waals surface area contributed by atoms with Crippen LogP contribution in [0.5, 0.6) is 0 Å². The molecule has 0 fully saturated rings. The molecule has 0 spiro atoms. The summed E-state index contributed by atoms with van der Waals surface area (Å²) in [6.07, 6.45) is 12.7. The van der Waals surface area contributed by atoms with Crippen molar-refractivity contribution in [1.82, 2.24) is 0 Å². The van der Waals surface area contributed by atoms with Crippen molar-refractivity contribution in [2.45, 2.75) is 97.3 Å². The van der Waals surface area contributed by atoms with Crippen molar-refractivity contribution >= 4 is 11.9 Å². The van der Waals surface area contributed by atoms with Gasteiger partial charge in [0.15, 0.2) is 5.41 Å². The molecule has 0 heterocycles. The zero-order chi connectivity index (χ0) is 16.8. The molecule has 0 aliphatic heterocycles. The minimum Gasteiger partial charge on any atom is -1.00 e. The van der Waals surface area contributed by atoms with E-state index >= 15 is 0 Å². The molecule has 0 aliphatic carbocycles. The van der Waals surface area contributed by atoms with Gasteiger partial charge in [0.05, 0.1) is 0 Å². The fourth-order valence-corrected chi connectivity index (χ4v) is 2.99. The van der Waals surface area contributed by atoms with E-state index in [0.717, 1.165) is 12.8 Å². The maximum atomic E-state index is 11.4. The van der Waals surface area contributed by atoms with Gasteiger partial charge < -0.3 is 11.6 Å². The third kappa shape index (κ3) is 10.4. The van der Waals surface area contributed by atoms with Gasteiger partial charge >= 0.3 is 41.5 Å². The van der Waals surface area contributed by atoms with Gasteiger partial charge in [0.1, 0.15) is 0 Å². The summed E-state index contributed by atoms with van der Waals surface area (Å²) in [7, 11) is 0. The van der Waals surface area contributed by atoms with Crippen molar-refractivity contribution < 1.29 is 50.8 Å². The van der Waals surface area contributed by atoms with E-state index in [1.165, 1.54) is 44.9 Å². The molecular formula is C18H35NaO4. The van der Waals surface area contributed by atoms with Gasteiger partial charge in [-0.25, -0.2) is 0 Å². The third-order valence-corrected chi connectivity index (χ3v) is 4.45. The molecule has 2 N–H and O–H groups in total. The predicted octanol–water partition coefficient (Wildman–Crippen LogP) is 2.37. The standard InChI is InChI=1S/C18H34O4.Na.H/c1-3-5-6-7-8-9-10-11-12-13-15-18(14-4-2,16(19)20)17(21)22;;/h3-15H2,1-2H3,(H,19,20)(H,21,22);;/q;+1;-1. The average Bonchev–Trinajstić information content (AvgIpc) is 2.47. The topological polar surface area (TPSA) is 74.6 Å². The summed E-state index contributed by atoms with van der Waals surface area (Å²) >= 11 is 0. The van der Waals surface area contributed by atoms with Gasteiger partial charge in [-0.2, -0.15) is 0 Å². The van der Waals surface area contributed by atoms with Crippen LogP contribution in [0, 0.1) is 5.41 Å². The Morgan fingerprint density at radius 1 is 0.696 bits per heavy atom. The van der Waals surface area contributed by atoms with Crippen LogP contribution < -0.4 is 29.6 Å². The third-order valence-electron chi connectivity index (χ3n) is 4.45. The van der Waals surface area contributed by atoms with E-state index in [9.17, 15) is 19.8 Å². The fourth-order valence-electron chi connectivity index (χ4n) is 2.99. The summed E-state index contributed by atoms with van der Waals surface area (Å²) in [5, 5.41) is 18.6. The molecule has 0 aliphatic rings. The molecule has 0 saturated carbocycles. The predicted molar refractivity (Wildman–Crippen MR) is 90.2 cm³/mol. The monoisotopic (exact) mass is 338 g/mol. The van der Waals surface area contributed by atoms with Crippen LogP contribution in [0.2, 0.25) is 0 Å². The minimum atomic E-state index is -1.57. The summed E-state index contributed by atoms with van der Waals surface area (Å²) in [5.41, 5.74) is -1.57. The zero-order valence-corrected chi connectivity index (χ0v) is 17.4. The molecule has 5 heteroatoms. The number of carboxylic acid groups (broad SMARTS) is 2. The number of rotatable bonds is 15. The maximum Gasteiger partial charge on any atom is 1.00 e. The molecule has 4 nitrogen and oxygen atoms in total. The Hall–Kier alpha value is -0.0600. The van der Waals surface area contributed by atoms with Gasteiger partial charge in [-0.3, -0.25) is 9.59 Å². The van der Waals surface area contributed by atoms with Gasteiger partial charge in [0.2, 0.25) is 0 Å². The van der Waals surface area contributed by atoms with Crippen LogP contribution in [-0.4, -0.2) is 22.2 Å². The van der Waals surface area contributed by atoms with Crippen LogP contribution >= 0.6 is 0 Å². The second kappa shape index (κ2) is 15.5. The fraction of sp³-hybridized carbons (Fsp3) is 0.889. The molecule has 0 amide bonds. The smallest absolute Gasteiger partial charge is 1.00 e. The molecule has 0 rings (SSSR count). The van der Waals surface area contributed by atoms with Crippen LogP contribution in [-0.2, 0) is 9.59 Å².